The Hall–Kier alpha value is -4.00. The van der Waals surface area contributed by atoms with Gasteiger partial charge in [-0.05, 0) is 73.5 Å². The quantitative estimate of drug-likeness (QED) is 0.161. The highest BCUT2D eigenvalue weighted by Crippen LogP contribution is 2.20. The Labute approximate surface area is 257 Å². The van der Waals surface area contributed by atoms with Crippen molar-refractivity contribution in [2.45, 2.75) is 39.1 Å². The molecule has 0 aliphatic heterocycles. The maximum Gasteiger partial charge on any atom is 0.263 e. The molecule has 2 amide bonds. The summed E-state index contributed by atoms with van der Waals surface area (Å²) in [6.45, 7) is 4.80. The molecular formula is C34H34Cl2N2O4. The number of hydrogen-bond donors (Lipinski definition) is 0. The summed E-state index contributed by atoms with van der Waals surface area (Å²) in [4.78, 5) is 30.9. The Bertz CT molecular complexity index is 1310. The zero-order valence-corrected chi connectivity index (χ0v) is 25.2. The van der Waals surface area contributed by atoms with E-state index in [4.69, 9.17) is 32.7 Å². The molecule has 8 heteroatoms. The first-order valence-corrected chi connectivity index (χ1v) is 14.5. The Morgan fingerprint density at radius 2 is 0.905 bits per heavy atom. The number of amides is 2. The second-order valence-corrected chi connectivity index (χ2v) is 10.8. The van der Waals surface area contributed by atoms with E-state index in [0.29, 0.717) is 47.7 Å². The summed E-state index contributed by atoms with van der Waals surface area (Å²) < 4.78 is 11.9. The lowest BCUT2D eigenvalue weighted by atomic mass is 10.2. The average Bonchev–Trinajstić information content (AvgIpc) is 3.01. The van der Waals surface area contributed by atoms with Gasteiger partial charge in [-0.1, -0.05) is 83.9 Å². The molecular weight excluding hydrogens is 571 g/mol. The van der Waals surface area contributed by atoms with Gasteiger partial charge in [0.05, 0.1) is 0 Å². The third-order valence-electron chi connectivity index (χ3n) is 6.64. The lowest BCUT2D eigenvalue weighted by molar-refractivity contribution is -0.142. The summed E-state index contributed by atoms with van der Waals surface area (Å²) in [5, 5.41) is 1.17. The first kappa shape index (κ1) is 30.9. The second kappa shape index (κ2) is 15.3. The standard InChI is InChI=1S/C34H34Cl2N2O4/c1-25(41-31-17-13-29(35)14-18-31)33(39)37(23-27-9-5-3-6-10-27)21-22-38(24-28-11-7-4-8-12-28)34(40)26(2)42-32-19-15-30(36)16-20-32/h3-20,25-26H,21-24H2,1-2H3. The van der Waals surface area contributed by atoms with Crippen molar-refractivity contribution in [3.05, 3.63) is 130 Å². The van der Waals surface area contributed by atoms with Gasteiger partial charge >= 0.3 is 0 Å². The average molecular weight is 606 g/mol. The number of nitrogens with zero attached hydrogens (tertiary/aromatic N) is 2. The zero-order chi connectivity index (χ0) is 29.9. The van der Waals surface area contributed by atoms with Crippen molar-refractivity contribution in [1.29, 1.82) is 0 Å². The van der Waals surface area contributed by atoms with Gasteiger partial charge in [-0.15, -0.1) is 0 Å². The third kappa shape index (κ3) is 9.26. The van der Waals surface area contributed by atoms with Crippen LogP contribution in [0.5, 0.6) is 11.5 Å². The van der Waals surface area contributed by atoms with Crippen LogP contribution in [0.2, 0.25) is 10.0 Å². The van der Waals surface area contributed by atoms with E-state index in [1.54, 1.807) is 72.2 Å². The van der Waals surface area contributed by atoms with E-state index < -0.39 is 12.2 Å². The molecule has 4 aromatic rings. The first-order chi connectivity index (χ1) is 20.3. The number of carbonyl (C=O) groups excluding carboxylic acids is 2. The topological polar surface area (TPSA) is 59.1 Å². The molecule has 6 nitrogen and oxygen atoms in total. The van der Waals surface area contributed by atoms with E-state index >= 15 is 0 Å². The number of rotatable bonds is 13. The third-order valence-corrected chi connectivity index (χ3v) is 7.15. The minimum absolute atomic E-state index is 0.189. The summed E-state index contributed by atoms with van der Waals surface area (Å²) >= 11 is 12.0. The smallest absolute Gasteiger partial charge is 0.263 e. The van der Waals surface area contributed by atoms with Gasteiger partial charge in [0.25, 0.3) is 11.8 Å². The molecule has 0 bridgehead atoms. The molecule has 4 aromatic carbocycles. The van der Waals surface area contributed by atoms with Gasteiger partial charge in [0.1, 0.15) is 11.5 Å². The highest BCUT2D eigenvalue weighted by molar-refractivity contribution is 6.30. The minimum atomic E-state index is -0.750. The Balaban J connectivity index is 1.51. The summed E-state index contributed by atoms with van der Waals surface area (Å²) in [5.41, 5.74) is 1.95. The highest BCUT2D eigenvalue weighted by Gasteiger charge is 2.27. The van der Waals surface area contributed by atoms with Crippen LogP contribution in [0.4, 0.5) is 0 Å². The lowest BCUT2D eigenvalue weighted by Gasteiger charge is -2.31. The molecule has 218 valence electrons. The minimum Gasteiger partial charge on any atom is -0.481 e. The van der Waals surface area contributed by atoms with Crippen LogP contribution in [0.15, 0.2) is 109 Å². The molecule has 0 aromatic heterocycles. The summed E-state index contributed by atoms with van der Waals surface area (Å²) in [5.74, 6) is 0.723. The van der Waals surface area contributed by atoms with Crippen molar-refractivity contribution < 1.29 is 19.1 Å². The van der Waals surface area contributed by atoms with Gasteiger partial charge in [-0.3, -0.25) is 9.59 Å². The SMILES string of the molecule is CC(Oc1ccc(Cl)cc1)C(=O)N(CCN(Cc1ccccc1)C(=O)C(C)Oc1ccc(Cl)cc1)Cc1ccccc1. The van der Waals surface area contributed by atoms with Crippen molar-refractivity contribution in [3.8, 4) is 11.5 Å². The maximum absolute atomic E-state index is 13.7. The molecule has 2 atom stereocenters. The molecule has 0 saturated carbocycles. The summed E-state index contributed by atoms with van der Waals surface area (Å²) in [7, 11) is 0. The predicted molar refractivity (Wildman–Crippen MR) is 167 cm³/mol. The van der Waals surface area contributed by atoms with Gasteiger partial charge in [-0.2, -0.15) is 0 Å². The molecule has 0 radical (unpaired) electrons. The first-order valence-electron chi connectivity index (χ1n) is 13.8. The van der Waals surface area contributed by atoms with Gasteiger partial charge in [0.15, 0.2) is 12.2 Å². The Morgan fingerprint density at radius 3 is 1.24 bits per heavy atom. The molecule has 0 heterocycles. The number of hydrogen-bond acceptors (Lipinski definition) is 4. The normalized spacial score (nSPS) is 12.2. The molecule has 0 aliphatic rings. The van der Waals surface area contributed by atoms with E-state index in [0.717, 1.165) is 11.1 Å². The number of ether oxygens (including phenoxy) is 2. The van der Waals surface area contributed by atoms with Gasteiger partial charge in [0.2, 0.25) is 0 Å². The van der Waals surface area contributed by atoms with Crippen molar-refractivity contribution in [2.24, 2.45) is 0 Å². The Kier molecular flexibility index (Phi) is 11.3. The van der Waals surface area contributed by atoms with Crippen LogP contribution in [0.1, 0.15) is 25.0 Å². The van der Waals surface area contributed by atoms with E-state index in [9.17, 15) is 9.59 Å². The summed E-state index contributed by atoms with van der Waals surface area (Å²) in [6, 6.07) is 33.3. The molecule has 0 spiro atoms. The van der Waals surface area contributed by atoms with E-state index in [1.165, 1.54) is 0 Å². The van der Waals surface area contributed by atoms with Crippen molar-refractivity contribution >= 4 is 35.0 Å². The number of carbonyl (C=O) groups is 2. The fraction of sp³-hybridized carbons (Fsp3) is 0.235. The van der Waals surface area contributed by atoms with Crippen LogP contribution < -0.4 is 9.47 Å². The van der Waals surface area contributed by atoms with Gasteiger partial charge in [-0.25, -0.2) is 0 Å². The molecule has 0 fully saturated rings. The van der Waals surface area contributed by atoms with Crippen molar-refractivity contribution in [1.82, 2.24) is 9.80 Å². The van der Waals surface area contributed by atoms with Crippen LogP contribution >= 0.6 is 23.2 Å². The van der Waals surface area contributed by atoms with Crippen molar-refractivity contribution in [2.75, 3.05) is 13.1 Å². The van der Waals surface area contributed by atoms with Gasteiger partial charge in [0, 0.05) is 36.2 Å². The fourth-order valence-electron chi connectivity index (χ4n) is 4.43. The second-order valence-electron chi connectivity index (χ2n) is 9.92. The van der Waals surface area contributed by atoms with Crippen LogP contribution in [0.25, 0.3) is 0 Å². The fourth-order valence-corrected chi connectivity index (χ4v) is 4.68. The molecule has 0 aliphatic carbocycles. The summed E-state index contributed by atoms with van der Waals surface area (Å²) in [6.07, 6.45) is -1.50. The maximum atomic E-state index is 13.7. The van der Waals surface area contributed by atoms with Crippen molar-refractivity contribution in [3.63, 3.8) is 0 Å². The monoisotopic (exact) mass is 604 g/mol. The zero-order valence-electron chi connectivity index (χ0n) is 23.7. The van der Waals surface area contributed by atoms with Crippen LogP contribution in [0, 0.1) is 0 Å². The van der Waals surface area contributed by atoms with Crippen LogP contribution in [-0.4, -0.2) is 46.9 Å². The van der Waals surface area contributed by atoms with Crippen LogP contribution in [-0.2, 0) is 22.7 Å². The molecule has 4 rings (SSSR count). The molecule has 42 heavy (non-hydrogen) atoms. The molecule has 2 unspecified atom stereocenters. The molecule has 0 saturated heterocycles. The van der Waals surface area contributed by atoms with Crippen LogP contribution in [0.3, 0.4) is 0 Å². The predicted octanol–water partition coefficient (Wildman–Crippen LogP) is 7.29. The van der Waals surface area contributed by atoms with E-state index in [1.807, 2.05) is 60.7 Å². The highest BCUT2D eigenvalue weighted by atomic mass is 35.5. The largest absolute Gasteiger partial charge is 0.481 e. The van der Waals surface area contributed by atoms with E-state index in [2.05, 4.69) is 0 Å². The number of benzene rings is 4. The molecule has 0 N–H and O–H groups in total. The van der Waals surface area contributed by atoms with E-state index in [-0.39, 0.29) is 11.8 Å². The lowest BCUT2D eigenvalue weighted by Crippen LogP contribution is -2.47. The van der Waals surface area contributed by atoms with Gasteiger partial charge < -0.3 is 19.3 Å². The number of halogens is 2. The Morgan fingerprint density at radius 1 is 0.571 bits per heavy atom.